The van der Waals surface area contributed by atoms with Gasteiger partial charge in [-0.3, -0.25) is 14.5 Å². The molecule has 6 heteroatoms. The lowest BCUT2D eigenvalue weighted by molar-refractivity contribution is -0.145. The Labute approximate surface area is 170 Å². The van der Waals surface area contributed by atoms with Gasteiger partial charge < -0.3 is 10.1 Å². The Bertz CT molecular complexity index is 886. The zero-order chi connectivity index (χ0) is 21.0. The number of methoxy groups -OCH3 is 1. The van der Waals surface area contributed by atoms with Crippen LogP contribution < -0.4 is 5.32 Å². The van der Waals surface area contributed by atoms with Crippen molar-refractivity contribution in [3.8, 4) is 0 Å². The summed E-state index contributed by atoms with van der Waals surface area (Å²) in [5.41, 5.74) is 2.77. The first-order chi connectivity index (χ1) is 13.9. The molecular formula is C23H27FN2O3. The molecule has 154 valence electrons. The highest BCUT2D eigenvalue weighted by Gasteiger charge is 2.47. The van der Waals surface area contributed by atoms with Gasteiger partial charge in [-0.1, -0.05) is 42.5 Å². The number of aryl methyl sites for hydroxylation is 1. The van der Waals surface area contributed by atoms with Gasteiger partial charge in [0.05, 0.1) is 13.0 Å². The van der Waals surface area contributed by atoms with E-state index in [1.54, 1.807) is 30.1 Å². The molecule has 1 amide bonds. The lowest BCUT2D eigenvalue weighted by atomic mass is 9.92. The van der Waals surface area contributed by atoms with Gasteiger partial charge in [-0.25, -0.2) is 4.39 Å². The highest BCUT2D eigenvalue weighted by molar-refractivity contribution is 5.83. The highest BCUT2D eigenvalue weighted by atomic mass is 19.1. The number of esters is 1. The van der Waals surface area contributed by atoms with Crippen LogP contribution in [0.3, 0.4) is 0 Å². The first kappa shape index (κ1) is 21.0. The van der Waals surface area contributed by atoms with Crippen molar-refractivity contribution >= 4 is 11.9 Å². The lowest BCUT2D eigenvalue weighted by Crippen LogP contribution is -2.37. The van der Waals surface area contributed by atoms with E-state index in [1.807, 2.05) is 31.2 Å². The van der Waals surface area contributed by atoms with E-state index in [9.17, 15) is 14.0 Å². The van der Waals surface area contributed by atoms with Gasteiger partial charge in [-0.2, -0.15) is 0 Å². The summed E-state index contributed by atoms with van der Waals surface area (Å²) in [5, 5.41) is 2.98. The van der Waals surface area contributed by atoms with Crippen molar-refractivity contribution in [3.05, 3.63) is 71.0 Å². The zero-order valence-electron chi connectivity index (χ0n) is 17.0. The number of benzene rings is 2. The van der Waals surface area contributed by atoms with Gasteiger partial charge in [-0.15, -0.1) is 0 Å². The molecule has 0 unspecified atom stereocenters. The van der Waals surface area contributed by atoms with E-state index in [2.05, 4.69) is 5.32 Å². The van der Waals surface area contributed by atoms with E-state index >= 15 is 0 Å². The normalized spacial score (nSPS) is 21.7. The van der Waals surface area contributed by atoms with Crippen molar-refractivity contribution in [2.75, 3.05) is 20.7 Å². The summed E-state index contributed by atoms with van der Waals surface area (Å²) in [6.07, 6.45) is 1.00. The smallest absolute Gasteiger partial charge is 0.323 e. The topological polar surface area (TPSA) is 58.6 Å². The molecular weight excluding hydrogens is 371 g/mol. The fourth-order valence-electron chi connectivity index (χ4n) is 4.16. The summed E-state index contributed by atoms with van der Waals surface area (Å²) in [5.74, 6) is -1.51. The average molecular weight is 398 g/mol. The van der Waals surface area contributed by atoms with Crippen LogP contribution in [-0.4, -0.2) is 43.5 Å². The van der Waals surface area contributed by atoms with Gasteiger partial charge in [0.2, 0.25) is 5.91 Å². The maximum Gasteiger partial charge on any atom is 0.323 e. The van der Waals surface area contributed by atoms with Crippen LogP contribution in [0.25, 0.3) is 0 Å². The Morgan fingerprint density at radius 2 is 1.86 bits per heavy atom. The largest absolute Gasteiger partial charge is 0.468 e. The molecule has 2 aromatic carbocycles. The van der Waals surface area contributed by atoms with E-state index in [0.717, 1.165) is 0 Å². The number of likely N-dealkylation sites (tertiary alicyclic amines) is 1. The molecule has 0 aromatic heterocycles. The molecule has 1 N–H and O–H groups in total. The lowest BCUT2D eigenvalue weighted by Gasteiger charge is -2.27. The van der Waals surface area contributed by atoms with Crippen molar-refractivity contribution in [2.45, 2.75) is 31.8 Å². The minimum atomic E-state index is -0.586. The number of carbonyl (C=O) groups excluding carboxylic acids is 2. The monoisotopic (exact) mass is 398 g/mol. The molecule has 0 bridgehead atoms. The van der Waals surface area contributed by atoms with Crippen molar-refractivity contribution in [1.82, 2.24) is 10.2 Å². The van der Waals surface area contributed by atoms with Crippen LogP contribution in [0.5, 0.6) is 0 Å². The summed E-state index contributed by atoms with van der Waals surface area (Å²) >= 11 is 0. The van der Waals surface area contributed by atoms with E-state index < -0.39 is 24.0 Å². The molecule has 5 nitrogen and oxygen atoms in total. The number of carbonyl (C=O) groups is 2. The van der Waals surface area contributed by atoms with Crippen molar-refractivity contribution in [2.24, 2.45) is 5.92 Å². The Balaban J connectivity index is 1.76. The average Bonchev–Trinajstić information content (AvgIpc) is 3.06. The second-order valence-electron chi connectivity index (χ2n) is 7.48. The molecule has 1 fully saturated rings. The molecule has 3 atom stereocenters. The third kappa shape index (κ3) is 4.48. The van der Waals surface area contributed by atoms with Gasteiger partial charge in [0, 0.05) is 18.2 Å². The number of hydrogen-bond donors (Lipinski definition) is 1. The minimum Gasteiger partial charge on any atom is -0.468 e. The number of nitrogens with one attached hydrogen (secondary N) is 1. The van der Waals surface area contributed by atoms with Crippen LogP contribution in [0, 0.1) is 18.7 Å². The first-order valence-electron chi connectivity index (χ1n) is 9.80. The molecule has 1 aliphatic heterocycles. The van der Waals surface area contributed by atoms with Gasteiger partial charge in [-0.05, 0) is 44.0 Å². The molecule has 0 radical (unpaired) electrons. The SMILES string of the molecule is COC(=O)[C@H]1C[C@@H](C(=O)NCCc2ccccc2C)[C@@H](c2ccccc2F)N1C. The fraction of sp³-hybridized carbons (Fsp3) is 0.391. The highest BCUT2D eigenvalue weighted by Crippen LogP contribution is 2.41. The molecule has 0 aliphatic carbocycles. The van der Waals surface area contributed by atoms with Gasteiger partial charge >= 0.3 is 5.97 Å². The van der Waals surface area contributed by atoms with Gasteiger partial charge in [0.1, 0.15) is 11.9 Å². The van der Waals surface area contributed by atoms with Crippen LogP contribution in [0.4, 0.5) is 4.39 Å². The maximum absolute atomic E-state index is 14.5. The minimum absolute atomic E-state index is 0.176. The summed E-state index contributed by atoms with van der Waals surface area (Å²) in [7, 11) is 3.06. The molecule has 0 spiro atoms. The molecule has 3 rings (SSSR count). The second-order valence-corrected chi connectivity index (χ2v) is 7.48. The van der Waals surface area contributed by atoms with Crippen LogP contribution in [0.15, 0.2) is 48.5 Å². The van der Waals surface area contributed by atoms with Crippen LogP contribution in [0.2, 0.25) is 0 Å². The maximum atomic E-state index is 14.5. The number of halogens is 1. The van der Waals surface area contributed by atoms with Gasteiger partial charge in [0.25, 0.3) is 0 Å². The van der Waals surface area contributed by atoms with E-state index in [1.165, 1.54) is 24.3 Å². The standard InChI is InChI=1S/C23H27FN2O3/c1-15-8-4-5-9-16(15)12-13-25-22(27)18-14-20(23(28)29-3)26(2)21(18)17-10-6-7-11-19(17)24/h4-11,18,20-21H,12-14H2,1-3H3,(H,25,27)/t18-,20-,21-/m1/s1. The zero-order valence-corrected chi connectivity index (χ0v) is 17.0. The predicted molar refractivity (Wildman–Crippen MR) is 109 cm³/mol. The first-order valence-corrected chi connectivity index (χ1v) is 9.80. The Hall–Kier alpha value is -2.73. The molecule has 1 aliphatic rings. The number of ether oxygens (including phenoxy) is 1. The van der Waals surface area contributed by atoms with E-state index in [4.69, 9.17) is 4.74 Å². The molecule has 1 heterocycles. The predicted octanol–water partition coefficient (Wildman–Crippen LogP) is 3.03. The summed E-state index contributed by atoms with van der Waals surface area (Å²) < 4.78 is 19.4. The number of likely N-dealkylation sites (N-methyl/N-ethyl adjacent to an activating group) is 1. The Kier molecular flexibility index (Phi) is 6.64. The van der Waals surface area contributed by atoms with Crippen LogP contribution >= 0.6 is 0 Å². The number of rotatable bonds is 6. The molecule has 2 aromatic rings. The number of nitrogens with zero attached hydrogens (tertiary/aromatic N) is 1. The molecule has 29 heavy (non-hydrogen) atoms. The molecule has 1 saturated heterocycles. The molecule has 0 saturated carbocycles. The fourth-order valence-corrected chi connectivity index (χ4v) is 4.16. The Morgan fingerprint density at radius 3 is 2.55 bits per heavy atom. The second kappa shape index (κ2) is 9.18. The third-order valence-electron chi connectivity index (χ3n) is 5.78. The van der Waals surface area contributed by atoms with Crippen molar-refractivity contribution in [1.29, 1.82) is 0 Å². The Morgan fingerprint density at radius 1 is 1.17 bits per heavy atom. The van der Waals surface area contributed by atoms with Crippen LogP contribution in [-0.2, 0) is 20.7 Å². The van der Waals surface area contributed by atoms with E-state index in [0.29, 0.717) is 24.9 Å². The summed E-state index contributed by atoms with van der Waals surface area (Å²) in [6, 6.07) is 13.3. The summed E-state index contributed by atoms with van der Waals surface area (Å²) in [6.45, 7) is 2.52. The third-order valence-corrected chi connectivity index (χ3v) is 5.78. The number of hydrogen-bond acceptors (Lipinski definition) is 4. The van der Waals surface area contributed by atoms with E-state index in [-0.39, 0.29) is 11.7 Å². The number of amides is 1. The van der Waals surface area contributed by atoms with Crippen LogP contribution in [0.1, 0.15) is 29.2 Å². The van der Waals surface area contributed by atoms with Crippen molar-refractivity contribution in [3.63, 3.8) is 0 Å². The van der Waals surface area contributed by atoms with Crippen molar-refractivity contribution < 1.29 is 18.7 Å². The quantitative estimate of drug-likeness (QED) is 0.760. The summed E-state index contributed by atoms with van der Waals surface area (Å²) in [4.78, 5) is 27.0. The van der Waals surface area contributed by atoms with Gasteiger partial charge in [0.15, 0.2) is 0 Å².